The third-order valence-corrected chi connectivity index (χ3v) is 5.23. The Balaban J connectivity index is 1.38. The molecule has 0 radical (unpaired) electrons. The number of halogens is 2. The fourth-order valence-corrected chi connectivity index (χ4v) is 3.66. The molecule has 0 amide bonds. The molecule has 7 heteroatoms. The van der Waals surface area contributed by atoms with Crippen LogP contribution in [0.15, 0.2) is 36.4 Å². The minimum absolute atomic E-state index is 0.124. The second-order valence-electron chi connectivity index (χ2n) is 7.30. The third-order valence-electron chi connectivity index (χ3n) is 5.23. The zero-order chi connectivity index (χ0) is 23.1. The number of aliphatic hydroxyl groups excluding tert-OH is 1. The van der Waals surface area contributed by atoms with E-state index in [0.717, 1.165) is 0 Å². The number of aliphatic hydroxyl groups is 2. The lowest BCUT2D eigenvalue weighted by Gasteiger charge is -2.31. The van der Waals surface area contributed by atoms with Gasteiger partial charge in [-0.2, -0.15) is 0 Å². The Kier molecular flexibility index (Phi) is 4.94. The molecule has 0 bridgehead atoms. The molecule has 0 spiro atoms. The molecule has 29 heavy (non-hydrogen) atoms. The smallest absolute Gasteiger partial charge is 0.126 e. The van der Waals surface area contributed by atoms with Crippen LogP contribution >= 0.6 is 0 Å². The molecule has 2 aromatic carbocycles. The summed E-state index contributed by atoms with van der Waals surface area (Å²) in [5.74, 6) is -0.0217. The van der Waals surface area contributed by atoms with Gasteiger partial charge < -0.3 is 25.0 Å². The van der Waals surface area contributed by atoms with E-state index in [1.807, 2.05) is 0 Å². The Morgan fingerprint density at radius 3 is 2.17 bits per heavy atom. The fourth-order valence-electron chi connectivity index (χ4n) is 3.66. The van der Waals surface area contributed by atoms with E-state index in [9.17, 15) is 19.0 Å². The Hall–Kier alpha value is -2.22. The average molecular weight is 408 g/mol. The van der Waals surface area contributed by atoms with E-state index >= 15 is 0 Å². The van der Waals surface area contributed by atoms with Crippen molar-refractivity contribution in [2.24, 2.45) is 0 Å². The topological polar surface area (TPSA) is 71.0 Å². The molecular weight excluding hydrogens is 380 g/mol. The van der Waals surface area contributed by atoms with Crippen LogP contribution in [0.2, 0.25) is 0 Å². The Labute approximate surface area is 172 Å². The van der Waals surface area contributed by atoms with Crippen molar-refractivity contribution in [2.75, 3.05) is 13.0 Å². The second kappa shape index (κ2) is 8.65. The highest BCUT2D eigenvalue weighted by Gasteiger charge is 2.29. The van der Waals surface area contributed by atoms with Crippen molar-refractivity contribution in [1.29, 1.82) is 0 Å². The third kappa shape index (κ3) is 4.69. The molecule has 2 aliphatic rings. The minimum atomic E-state index is -2.68. The molecule has 0 aromatic heterocycles. The summed E-state index contributed by atoms with van der Waals surface area (Å²) in [6.07, 6.45) is -4.30. The van der Waals surface area contributed by atoms with Gasteiger partial charge in [0, 0.05) is 15.8 Å². The van der Waals surface area contributed by atoms with Crippen LogP contribution in [0.1, 0.15) is 28.1 Å². The maximum atomic E-state index is 13.4. The van der Waals surface area contributed by atoms with Crippen molar-refractivity contribution in [3.05, 3.63) is 59.2 Å². The standard InChI is InChI=1S/C22H25F2NO4/c23-15-3-7-19-13(9-15)1-5-21(28-19)17(26)11-25-12-18(27)22-6-2-14-10-16(24)4-8-20(14)29-22/h3-4,7-10,17-18,21-22,25-27H,1-2,5-6,11-12H2/t17-,18-,21?,22?/m1/s1/i11D2,17D. The van der Waals surface area contributed by atoms with E-state index in [0.29, 0.717) is 41.9 Å². The van der Waals surface area contributed by atoms with Crippen LogP contribution in [0.5, 0.6) is 11.5 Å². The fraction of sp³-hybridized carbons (Fsp3) is 0.455. The van der Waals surface area contributed by atoms with E-state index in [2.05, 4.69) is 5.32 Å². The molecular formula is C22H25F2NO4. The van der Waals surface area contributed by atoms with Gasteiger partial charge in [0.15, 0.2) is 0 Å². The summed E-state index contributed by atoms with van der Waals surface area (Å²) < 4.78 is 62.8. The molecule has 4 rings (SSSR count). The number of hydrogen-bond donors (Lipinski definition) is 3. The SMILES string of the molecule is [2H]C([2H])(NC[C@@H](O)C1CCc2cc(F)ccc2O1)[C@@]([2H])(O)C1CCc2cc(F)ccc2O1. The van der Waals surface area contributed by atoms with E-state index in [1.165, 1.54) is 36.4 Å². The summed E-state index contributed by atoms with van der Waals surface area (Å²) in [5, 5.41) is 23.6. The summed E-state index contributed by atoms with van der Waals surface area (Å²) in [7, 11) is 0. The van der Waals surface area contributed by atoms with Crippen LogP contribution in [0, 0.1) is 11.6 Å². The summed E-state index contributed by atoms with van der Waals surface area (Å²) >= 11 is 0. The normalized spacial score (nSPS) is 25.7. The highest BCUT2D eigenvalue weighted by molar-refractivity contribution is 5.36. The first-order valence-corrected chi connectivity index (χ1v) is 9.62. The lowest BCUT2D eigenvalue weighted by molar-refractivity contribution is 0.00892. The van der Waals surface area contributed by atoms with Gasteiger partial charge in [-0.1, -0.05) is 0 Å². The Bertz CT molecular complexity index is 992. The van der Waals surface area contributed by atoms with Gasteiger partial charge >= 0.3 is 0 Å². The van der Waals surface area contributed by atoms with Crippen molar-refractivity contribution in [1.82, 2.24) is 5.32 Å². The van der Waals surface area contributed by atoms with E-state index in [4.69, 9.17) is 13.6 Å². The first-order chi connectivity index (χ1) is 15.1. The molecule has 5 nitrogen and oxygen atoms in total. The van der Waals surface area contributed by atoms with Gasteiger partial charge in [0.1, 0.15) is 47.5 Å². The number of hydrogen-bond acceptors (Lipinski definition) is 5. The number of ether oxygens (including phenoxy) is 2. The largest absolute Gasteiger partial charge is 0.487 e. The summed E-state index contributed by atoms with van der Waals surface area (Å²) in [4.78, 5) is 0. The van der Waals surface area contributed by atoms with Crippen molar-refractivity contribution in [3.63, 3.8) is 0 Å². The van der Waals surface area contributed by atoms with Crippen LogP contribution in [-0.2, 0) is 12.8 Å². The van der Waals surface area contributed by atoms with E-state index in [1.54, 1.807) is 0 Å². The molecule has 156 valence electrons. The van der Waals surface area contributed by atoms with Gasteiger partial charge in [0.05, 0.1) is 1.37 Å². The summed E-state index contributed by atoms with van der Waals surface area (Å²) in [6, 6.07) is 8.04. The van der Waals surface area contributed by atoms with E-state index < -0.39 is 36.7 Å². The maximum absolute atomic E-state index is 13.4. The van der Waals surface area contributed by atoms with Gasteiger partial charge in [0.25, 0.3) is 0 Å². The van der Waals surface area contributed by atoms with Crippen molar-refractivity contribution in [2.45, 2.75) is 50.1 Å². The second-order valence-corrected chi connectivity index (χ2v) is 7.30. The maximum Gasteiger partial charge on any atom is 0.126 e. The van der Waals surface area contributed by atoms with Crippen LogP contribution in [0.4, 0.5) is 8.78 Å². The highest BCUT2D eigenvalue weighted by atomic mass is 19.1. The van der Waals surface area contributed by atoms with E-state index in [-0.39, 0.29) is 18.8 Å². The Morgan fingerprint density at radius 2 is 1.55 bits per heavy atom. The number of fused-ring (bicyclic) bond motifs is 2. The molecule has 2 unspecified atom stereocenters. The molecule has 4 atom stereocenters. The minimum Gasteiger partial charge on any atom is -0.487 e. The lowest BCUT2D eigenvalue weighted by Crippen LogP contribution is -2.46. The van der Waals surface area contributed by atoms with Crippen LogP contribution < -0.4 is 14.8 Å². The van der Waals surface area contributed by atoms with Crippen molar-refractivity contribution >= 4 is 0 Å². The highest BCUT2D eigenvalue weighted by Crippen LogP contribution is 2.30. The van der Waals surface area contributed by atoms with Crippen LogP contribution in [-0.4, -0.2) is 47.6 Å². The first kappa shape index (κ1) is 16.6. The summed E-state index contributed by atoms with van der Waals surface area (Å²) in [6.45, 7) is -2.92. The van der Waals surface area contributed by atoms with Crippen molar-refractivity contribution in [3.8, 4) is 11.5 Å². The molecule has 0 saturated carbocycles. The zero-order valence-corrected chi connectivity index (χ0v) is 15.7. The van der Waals surface area contributed by atoms with Crippen molar-refractivity contribution < 1.29 is 32.6 Å². The van der Waals surface area contributed by atoms with Gasteiger partial charge in [-0.05, 0) is 73.2 Å². The number of benzene rings is 2. The lowest BCUT2D eigenvalue weighted by atomic mass is 9.98. The molecule has 3 N–H and O–H groups in total. The predicted molar refractivity (Wildman–Crippen MR) is 103 cm³/mol. The number of aryl methyl sites for hydroxylation is 2. The molecule has 0 saturated heterocycles. The monoisotopic (exact) mass is 408 g/mol. The van der Waals surface area contributed by atoms with Gasteiger partial charge in [-0.15, -0.1) is 0 Å². The summed E-state index contributed by atoms with van der Waals surface area (Å²) in [5.41, 5.74) is 1.29. The van der Waals surface area contributed by atoms with Crippen LogP contribution in [0.25, 0.3) is 0 Å². The van der Waals surface area contributed by atoms with Gasteiger partial charge in [-0.25, -0.2) is 8.78 Å². The number of nitrogens with one attached hydrogen (secondary N) is 1. The Morgan fingerprint density at radius 1 is 1.00 bits per heavy atom. The molecule has 2 aromatic rings. The molecule has 2 aliphatic heterocycles. The average Bonchev–Trinajstić information content (AvgIpc) is 2.76. The van der Waals surface area contributed by atoms with Gasteiger partial charge in [0.2, 0.25) is 0 Å². The predicted octanol–water partition coefficient (Wildman–Crippen LogP) is 2.36. The number of rotatable bonds is 6. The quantitative estimate of drug-likeness (QED) is 0.685. The van der Waals surface area contributed by atoms with Crippen LogP contribution in [0.3, 0.4) is 0 Å². The molecule has 0 aliphatic carbocycles. The molecule has 0 fully saturated rings. The first-order valence-electron chi connectivity index (χ1n) is 11.1. The van der Waals surface area contributed by atoms with Gasteiger partial charge in [-0.3, -0.25) is 0 Å². The zero-order valence-electron chi connectivity index (χ0n) is 18.7. The molecule has 2 heterocycles.